The molecule has 0 fully saturated rings. The molecule has 0 radical (unpaired) electrons. The topological polar surface area (TPSA) is 26.3 Å². The standard InChI is InChI=1S/C14H15Cl3O2/c1-14(9-13(18)19-2,11(15)8-12(16)17)10-6-4-3-5-7-10/h3-8,11H,9H2,1-2H3. The summed E-state index contributed by atoms with van der Waals surface area (Å²) in [7, 11) is 1.35. The minimum Gasteiger partial charge on any atom is -0.469 e. The molecule has 0 saturated heterocycles. The van der Waals surface area contributed by atoms with E-state index >= 15 is 0 Å². The maximum atomic E-state index is 11.6. The first kappa shape index (κ1) is 16.4. The Bertz CT molecular complexity index is 455. The van der Waals surface area contributed by atoms with E-state index in [1.54, 1.807) is 0 Å². The Morgan fingerprint density at radius 1 is 1.37 bits per heavy atom. The van der Waals surface area contributed by atoms with Crippen LogP contribution in [0.15, 0.2) is 40.9 Å². The summed E-state index contributed by atoms with van der Waals surface area (Å²) in [5.41, 5.74) is 0.275. The van der Waals surface area contributed by atoms with Crippen molar-refractivity contribution in [3.8, 4) is 0 Å². The largest absolute Gasteiger partial charge is 0.469 e. The smallest absolute Gasteiger partial charge is 0.306 e. The van der Waals surface area contributed by atoms with E-state index in [9.17, 15) is 4.79 Å². The first-order valence-corrected chi connectivity index (χ1v) is 6.88. The molecule has 0 aliphatic rings. The number of hydrogen-bond acceptors (Lipinski definition) is 2. The van der Waals surface area contributed by atoms with Crippen LogP contribution in [-0.2, 0) is 14.9 Å². The highest BCUT2D eigenvalue weighted by Gasteiger charge is 2.36. The minimum atomic E-state index is -0.648. The van der Waals surface area contributed by atoms with Gasteiger partial charge in [-0.1, -0.05) is 60.5 Å². The molecule has 104 valence electrons. The number of esters is 1. The number of carbonyl (C=O) groups is 1. The number of carbonyl (C=O) groups excluding carboxylic acids is 1. The lowest BCUT2D eigenvalue weighted by atomic mass is 9.76. The van der Waals surface area contributed by atoms with E-state index < -0.39 is 10.8 Å². The van der Waals surface area contributed by atoms with Crippen LogP contribution in [0, 0.1) is 0 Å². The van der Waals surface area contributed by atoms with Gasteiger partial charge >= 0.3 is 5.97 Å². The zero-order chi connectivity index (χ0) is 14.5. The van der Waals surface area contributed by atoms with Crippen molar-refractivity contribution in [1.82, 2.24) is 0 Å². The number of hydrogen-bond donors (Lipinski definition) is 0. The van der Waals surface area contributed by atoms with Gasteiger partial charge in [0.2, 0.25) is 0 Å². The molecular weight excluding hydrogens is 307 g/mol. The number of halogens is 3. The van der Waals surface area contributed by atoms with Crippen molar-refractivity contribution in [3.05, 3.63) is 46.5 Å². The maximum Gasteiger partial charge on any atom is 0.306 e. The van der Waals surface area contributed by atoms with E-state index in [0.29, 0.717) is 0 Å². The third kappa shape index (κ3) is 4.41. The molecule has 2 nitrogen and oxygen atoms in total. The summed E-state index contributed by atoms with van der Waals surface area (Å²) < 4.78 is 4.81. The summed E-state index contributed by atoms with van der Waals surface area (Å²) in [6.07, 6.45) is 1.65. The zero-order valence-electron chi connectivity index (χ0n) is 10.7. The van der Waals surface area contributed by atoms with Gasteiger partial charge < -0.3 is 4.74 Å². The van der Waals surface area contributed by atoms with Crippen molar-refractivity contribution >= 4 is 40.8 Å². The van der Waals surface area contributed by atoms with Gasteiger partial charge in [-0.05, 0) is 11.6 Å². The average molecular weight is 322 g/mol. The maximum absolute atomic E-state index is 11.6. The number of methoxy groups -OCH3 is 1. The van der Waals surface area contributed by atoms with Crippen molar-refractivity contribution in [3.63, 3.8) is 0 Å². The number of benzene rings is 1. The van der Waals surface area contributed by atoms with Crippen LogP contribution in [0.5, 0.6) is 0 Å². The number of allylic oxidation sites excluding steroid dienone is 1. The highest BCUT2D eigenvalue weighted by Crippen LogP contribution is 2.36. The van der Waals surface area contributed by atoms with Gasteiger partial charge in [0.25, 0.3) is 0 Å². The normalized spacial score (nSPS) is 15.2. The highest BCUT2D eigenvalue weighted by atomic mass is 35.5. The molecule has 0 aliphatic heterocycles. The zero-order valence-corrected chi connectivity index (χ0v) is 13.0. The van der Waals surface area contributed by atoms with Gasteiger partial charge in [0, 0.05) is 5.41 Å². The lowest BCUT2D eigenvalue weighted by molar-refractivity contribution is -0.142. The Hall–Kier alpha value is -0.700. The van der Waals surface area contributed by atoms with E-state index in [1.807, 2.05) is 37.3 Å². The van der Waals surface area contributed by atoms with Gasteiger partial charge in [0.05, 0.1) is 18.9 Å². The lowest BCUT2D eigenvalue weighted by Crippen LogP contribution is -2.35. The van der Waals surface area contributed by atoms with Crippen molar-refractivity contribution in [2.24, 2.45) is 0 Å². The van der Waals surface area contributed by atoms with Crippen LogP contribution >= 0.6 is 34.8 Å². The van der Waals surface area contributed by atoms with Crippen molar-refractivity contribution < 1.29 is 9.53 Å². The van der Waals surface area contributed by atoms with Crippen LogP contribution < -0.4 is 0 Å². The molecule has 2 atom stereocenters. The molecule has 0 aliphatic carbocycles. The van der Waals surface area contributed by atoms with Crippen molar-refractivity contribution in [1.29, 1.82) is 0 Å². The Balaban J connectivity index is 3.17. The lowest BCUT2D eigenvalue weighted by Gasteiger charge is -2.32. The van der Waals surface area contributed by atoms with Crippen LogP contribution in [0.4, 0.5) is 0 Å². The summed E-state index contributed by atoms with van der Waals surface area (Å²) in [4.78, 5) is 11.6. The number of rotatable bonds is 5. The SMILES string of the molecule is COC(=O)CC(C)(c1ccccc1)C(Cl)C=C(Cl)Cl. The first-order valence-electron chi connectivity index (χ1n) is 5.69. The fraction of sp³-hybridized carbons (Fsp3) is 0.357. The van der Waals surface area contributed by atoms with Crippen LogP contribution in [0.2, 0.25) is 0 Å². The Morgan fingerprint density at radius 2 is 1.95 bits per heavy atom. The Labute approximate surface area is 128 Å². The summed E-state index contributed by atoms with van der Waals surface area (Å²) in [6.45, 7) is 1.88. The molecule has 0 amide bonds. The molecule has 1 rings (SSSR count). The van der Waals surface area contributed by atoms with E-state index in [0.717, 1.165) is 5.56 Å². The molecule has 1 aromatic rings. The molecule has 0 spiro atoms. The van der Waals surface area contributed by atoms with Gasteiger partial charge in [0.15, 0.2) is 0 Å². The third-order valence-electron chi connectivity index (χ3n) is 3.05. The van der Waals surface area contributed by atoms with Gasteiger partial charge in [-0.25, -0.2) is 0 Å². The molecule has 0 bridgehead atoms. The van der Waals surface area contributed by atoms with Crippen LogP contribution in [0.3, 0.4) is 0 Å². The average Bonchev–Trinajstić information content (AvgIpc) is 2.38. The summed E-state index contributed by atoms with van der Waals surface area (Å²) >= 11 is 17.7. The van der Waals surface area contributed by atoms with Crippen molar-refractivity contribution in [2.45, 2.75) is 24.1 Å². The number of ether oxygens (including phenoxy) is 1. The van der Waals surface area contributed by atoms with E-state index in [1.165, 1.54) is 13.2 Å². The molecule has 0 saturated carbocycles. The molecule has 19 heavy (non-hydrogen) atoms. The van der Waals surface area contributed by atoms with Gasteiger partial charge in [-0.2, -0.15) is 0 Å². The molecular formula is C14H15Cl3O2. The van der Waals surface area contributed by atoms with Gasteiger partial charge in [-0.15, -0.1) is 11.6 Å². The predicted molar refractivity (Wildman–Crippen MR) is 79.9 cm³/mol. The van der Waals surface area contributed by atoms with Crippen LogP contribution in [0.25, 0.3) is 0 Å². The van der Waals surface area contributed by atoms with E-state index in [2.05, 4.69) is 0 Å². The highest BCUT2D eigenvalue weighted by molar-refractivity contribution is 6.56. The monoisotopic (exact) mass is 320 g/mol. The molecule has 0 heterocycles. The fourth-order valence-corrected chi connectivity index (χ4v) is 2.55. The molecule has 1 aromatic carbocycles. The second kappa shape index (κ2) is 7.18. The molecule has 2 unspecified atom stereocenters. The predicted octanol–water partition coefficient (Wildman–Crippen LogP) is 4.43. The second-order valence-electron chi connectivity index (χ2n) is 4.39. The van der Waals surface area contributed by atoms with Gasteiger partial charge in [0.1, 0.15) is 4.49 Å². The van der Waals surface area contributed by atoms with E-state index in [4.69, 9.17) is 39.5 Å². The van der Waals surface area contributed by atoms with E-state index in [-0.39, 0.29) is 16.9 Å². The molecule has 5 heteroatoms. The Kier molecular flexibility index (Phi) is 6.18. The Morgan fingerprint density at radius 3 is 2.42 bits per heavy atom. The molecule has 0 N–H and O–H groups in total. The van der Waals surface area contributed by atoms with Crippen LogP contribution in [-0.4, -0.2) is 18.5 Å². The van der Waals surface area contributed by atoms with Crippen LogP contribution in [0.1, 0.15) is 18.9 Å². The van der Waals surface area contributed by atoms with Gasteiger partial charge in [-0.3, -0.25) is 4.79 Å². The number of alkyl halides is 1. The second-order valence-corrected chi connectivity index (χ2v) is 5.87. The third-order valence-corrected chi connectivity index (χ3v) is 3.91. The fourth-order valence-electron chi connectivity index (χ4n) is 1.84. The van der Waals surface area contributed by atoms with Crippen molar-refractivity contribution in [2.75, 3.05) is 7.11 Å². The quantitative estimate of drug-likeness (QED) is 0.592. The molecule has 0 aromatic heterocycles. The summed E-state index contributed by atoms with van der Waals surface area (Å²) in [5, 5.41) is -0.529. The first-order chi connectivity index (χ1) is 8.90. The summed E-state index contributed by atoms with van der Waals surface area (Å²) in [6, 6.07) is 9.50. The minimum absolute atomic E-state index is 0.0759. The summed E-state index contributed by atoms with van der Waals surface area (Å²) in [5.74, 6) is -0.337.